The highest BCUT2D eigenvalue weighted by Crippen LogP contribution is 2.30. The number of hydrogen-bond donors (Lipinski definition) is 0. The highest BCUT2D eigenvalue weighted by Gasteiger charge is 2.16. The van der Waals surface area contributed by atoms with E-state index < -0.39 is 0 Å². The van der Waals surface area contributed by atoms with Gasteiger partial charge in [-0.25, -0.2) is 4.68 Å². The van der Waals surface area contributed by atoms with E-state index in [9.17, 15) is 0 Å². The molecule has 0 bridgehead atoms. The second-order valence-corrected chi connectivity index (χ2v) is 5.07. The fourth-order valence-electron chi connectivity index (χ4n) is 2.05. The van der Waals surface area contributed by atoms with Gasteiger partial charge in [-0.05, 0) is 48.0 Å². The molecule has 0 aliphatic rings. The van der Waals surface area contributed by atoms with E-state index in [2.05, 4.69) is 10.1 Å². The van der Waals surface area contributed by atoms with Crippen LogP contribution < -0.4 is 4.74 Å². The average molecular weight is 320 g/mol. The Morgan fingerprint density at radius 3 is 2.43 bits per heavy atom. The maximum Gasteiger partial charge on any atom is 0.243 e. The lowest BCUT2D eigenvalue weighted by atomic mass is 10.2. The van der Waals surface area contributed by atoms with Gasteiger partial charge in [-0.1, -0.05) is 23.7 Å². The number of rotatable bonds is 3. The minimum Gasteiger partial charge on any atom is -0.496 e. The third-order valence-corrected chi connectivity index (χ3v) is 3.41. The summed E-state index contributed by atoms with van der Waals surface area (Å²) in [6, 6.07) is 14.9. The van der Waals surface area contributed by atoms with Crippen molar-refractivity contribution in [1.82, 2.24) is 14.8 Å². The average Bonchev–Trinajstić information content (AvgIpc) is 2.89. The van der Waals surface area contributed by atoms with Crippen LogP contribution in [0, 0.1) is 0 Å². The lowest BCUT2D eigenvalue weighted by Crippen LogP contribution is -2.00. The number of para-hydroxylation sites is 1. The maximum absolute atomic E-state index is 5.98. The summed E-state index contributed by atoms with van der Waals surface area (Å²) in [4.78, 5) is 4.29. The molecule has 3 rings (SSSR count). The van der Waals surface area contributed by atoms with Crippen molar-refractivity contribution in [2.75, 3.05) is 7.11 Å². The predicted octanol–water partition coefficient (Wildman–Crippen LogP) is 4.25. The first kappa shape index (κ1) is 13.9. The number of halogens is 2. The van der Waals surface area contributed by atoms with Crippen molar-refractivity contribution in [2.24, 2.45) is 0 Å². The molecule has 0 saturated carbocycles. The molecule has 0 aliphatic heterocycles. The van der Waals surface area contributed by atoms with Crippen LogP contribution in [0.5, 0.6) is 5.75 Å². The molecule has 4 nitrogen and oxygen atoms in total. The zero-order valence-electron chi connectivity index (χ0n) is 11.1. The van der Waals surface area contributed by atoms with Crippen molar-refractivity contribution < 1.29 is 4.74 Å². The van der Waals surface area contributed by atoms with Crippen molar-refractivity contribution >= 4 is 23.2 Å². The highest BCUT2D eigenvalue weighted by atomic mass is 35.5. The SMILES string of the molecule is COc1ccccc1-c1nc(Cl)nn1-c1ccc(Cl)cc1. The Kier molecular flexibility index (Phi) is 3.82. The van der Waals surface area contributed by atoms with E-state index in [1.165, 1.54) is 0 Å². The summed E-state index contributed by atoms with van der Waals surface area (Å²) < 4.78 is 7.04. The molecule has 0 unspecified atom stereocenters. The van der Waals surface area contributed by atoms with E-state index in [1.54, 1.807) is 23.9 Å². The van der Waals surface area contributed by atoms with Crippen molar-refractivity contribution in [3.8, 4) is 22.8 Å². The zero-order valence-corrected chi connectivity index (χ0v) is 12.6. The second-order valence-electron chi connectivity index (χ2n) is 4.29. The van der Waals surface area contributed by atoms with Crippen molar-refractivity contribution in [1.29, 1.82) is 0 Å². The Morgan fingerprint density at radius 1 is 1.00 bits per heavy atom. The molecule has 0 N–H and O–H groups in total. The Morgan fingerprint density at radius 2 is 1.71 bits per heavy atom. The molecule has 0 atom stereocenters. The van der Waals surface area contributed by atoms with E-state index in [0.29, 0.717) is 16.6 Å². The second kappa shape index (κ2) is 5.76. The molecule has 2 aromatic carbocycles. The molecule has 6 heteroatoms. The van der Waals surface area contributed by atoms with Crippen LogP contribution in [0.3, 0.4) is 0 Å². The Balaban J connectivity index is 2.18. The van der Waals surface area contributed by atoms with Gasteiger partial charge < -0.3 is 4.74 Å². The summed E-state index contributed by atoms with van der Waals surface area (Å²) >= 11 is 11.9. The van der Waals surface area contributed by atoms with E-state index >= 15 is 0 Å². The lowest BCUT2D eigenvalue weighted by Gasteiger charge is -2.09. The van der Waals surface area contributed by atoms with Gasteiger partial charge in [-0.3, -0.25) is 0 Å². The molecule has 1 aromatic heterocycles. The summed E-state index contributed by atoms with van der Waals surface area (Å²) in [5, 5.41) is 5.06. The molecule has 3 aromatic rings. The predicted molar refractivity (Wildman–Crippen MR) is 83.4 cm³/mol. The topological polar surface area (TPSA) is 39.9 Å². The van der Waals surface area contributed by atoms with Gasteiger partial charge in [-0.15, -0.1) is 5.10 Å². The van der Waals surface area contributed by atoms with Crippen molar-refractivity contribution in [3.05, 3.63) is 58.8 Å². The van der Waals surface area contributed by atoms with Crippen LogP contribution in [0.15, 0.2) is 48.5 Å². The van der Waals surface area contributed by atoms with Gasteiger partial charge in [0, 0.05) is 5.02 Å². The summed E-state index contributed by atoms with van der Waals surface area (Å²) in [5.74, 6) is 1.32. The van der Waals surface area contributed by atoms with Crippen LogP contribution in [-0.4, -0.2) is 21.9 Å². The van der Waals surface area contributed by atoms with Crippen molar-refractivity contribution in [3.63, 3.8) is 0 Å². The summed E-state index contributed by atoms with van der Waals surface area (Å²) in [7, 11) is 1.61. The van der Waals surface area contributed by atoms with Crippen LogP contribution in [0.1, 0.15) is 0 Å². The Hall–Kier alpha value is -2.04. The molecule has 21 heavy (non-hydrogen) atoms. The minimum atomic E-state index is 0.172. The molecule has 0 fully saturated rings. The van der Waals surface area contributed by atoms with Crippen LogP contribution in [-0.2, 0) is 0 Å². The summed E-state index contributed by atoms with van der Waals surface area (Å²) in [6.45, 7) is 0. The standard InChI is InChI=1S/C15H11Cl2N3O/c1-21-13-5-3-2-4-12(13)14-18-15(17)19-20(14)11-8-6-10(16)7-9-11/h2-9H,1H3. The zero-order chi connectivity index (χ0) is 14.8. The van der Waals surface area contributed by atoms with Crippen molar-refractivity contribution in [2.45, 2.75) is 0 Å². The maximum atomic E-state index is 5.98. The normalized spacial score (nSPS) is 10.6. The number of hydrogen-bond acceptors (Lipinski definition) is 3. The van der Waals surface area contributed by atoms with E-state index in [0.717, 1.165) is 11.3 Å². The quantitative estimate of drug-likeness (QED) is 0.724. The lowest BCUT2D eigenvalue weighted by molar-refractivity contribution is 0.416. The molecular weight excluding hydrogens is 309 g/mol. The van der Waals surface area contributed by atoms with E-state index in [-0.39, 0.29) is 5.28 Å². The van der Waals surface area contributed by atoms with Crippen LogP contribution in [0.25, 0.3) is 17.1 Å². The smallest absolute Gasteiger partial charge is 0.243 e. The fraction of sp³-hybridized carbons (Fsp3) is 0.0667. The van der Waals surface area contributed by atoms with Gasteiger partial charge in [0.1, 0.15) is 5.75 Å². The summed E-state index contributed by atoms with van der Waals surface area (Å²) in [6.07, 6.45) is 0. The number of benzene rings is 2. The van der Waals surface area contributed by atoms with Crippen LogP contribution >= 0.6 is 23.2 Å². The molecule has 0 saturated heterocycles. The molecule has 1 heterocycles. The largest absolute Gasteiger partial charge is 0.496 e. The number of aromatic nitrogens is 3. The Bertz CT molecular complexity index is 769. The molecular formula is C15H11Cl2N3O. The fourth-order valence-corrected chi connectivity index (χ4v) is 2.33. The summed E-state index contributed by atoms with van der Waals surface area (Å²) in [5.41, 5.74) is 1.63. The van der Waals surface area contributed by atoms with Gasteiger partial charge in [0.2, 0.25) is 5.28 Å². The van der Waals surface area contributed by atoms with E-state index in [1.807, 2.05) is 36.4 Å². The van der Waals surface area contributed by atoms with Gasteiger partial charge in [0.05, 0.1) is 18.4 Å². The first-order valence-corrected chi connectivity index (χ1v) is 6.96. The molecule has 0 spiro atoms. The molecule has 106 valence electrons. The first-order valence-electron chi connectivity index (χ1n) is 6.21. The van der Waals surface area contributed by atoms with E-state index in [4.69, 9.17) is 27.9 Å². The van der Waals surface area contributed by atoms with Gasteiger partial charge in [-0.2, -0.15) is 4.98 Å². The number of nitrogens with zero attached hydrogens (tertiary/aromatic N) is 3. The van der Waals surface area contributed by atoms with Crippen LogP contribution in [0.2, 0.25) is 10.3 Å². The first-order chi connectivity index (χ1) is 10.2. The van der Waals surface area contributed by atoms with Crippen LogP contribution in [0.4, 0.5) is 0 Å². The molecule has 0 amide bonds. The minimum absolute atomic E-state index is 0.172. The van der Waals surface area contributed by atoms with Gasteiger partial charge >= 0.3 is 0 Å². The molecule has 0 aliphatic carbocycles. The number of ether oxygens (including phenoxy) is 1. The number of methoxy groups -OCH3 is 1. The Labute approximate surface area is 131 Å². The molecule has 0 radical (unpaired) electrons. The van der Waals surface area contributed by atoms with Gasteiger partial charge in [0.25, 0.3) is 0 Å². The third kappa shape index (κ3) is 2.73. The monoisotopic (exact) mass is 319 g/mol. The highest BCUT2D eigenvalue weighted by molar-refractivity contribution is 6.30. The van der Waals surface area contributed by atoms with Gasteiger partial charge in [0.15, 0.2) is 5.82 Å². The third-order valence-electron chi connectivity index (χ3n) is 3.00.